The second-order valence-electron chi connectivity index (χ2n) is 4.31. The van der Waals surface area contributed by atoms with Crippen LogP contribution in [0.5, 0.6) is 5.75 Å². The fourth-order valence-electron chi connectivity index (χ4n) is 2.01. The number of benzene rings is 1. The topological polar surface area (TPSA) is 79.3 Å². The second-order valence-corrected chi connectivity index (χ2v) is 5.48. The summed E-state index contributed by atoms with van der Waals surface area (Å²) in [6.07, 6.45) is 2.13. The molecule has 1 aliphatic rings. The first-order chi connectivity index (χ1) is 9.11. The molecule has 0 aliphatic carbocycles. The molecule has 1 fully saturated rings. The van der Waals surface area contributed by atoms with Gasteiger partial charge in [0.15, 0.2) is 0 Å². The zero-order valence-electron chi connectivity index (χ0n) is 9.79. The Kier molecular flexibility index (Phi) is 2.87. The van der Waals surface area contributed by atoms with Gasteiger partial charge in [0.1, 0.15) is 5.75 Å². The molecule has 5 nitrogen and oxygen atoms in total. The van der Waals surface area contributed by atoms with Gasteiger partial charge in [-0.3, -0.25) is 19.9 Å². The smallest absolute Gasteiger partial charge is 0.286 e. The fourth-order valence-corrected chi connectivity index (χ4v) is 2.87. The van der Waals surface area contributed by atoms with Crippen molar-refractivity contribution in [2.45, 2.75) is 11.7 Å². The molecule has 2 N–H and O–H groups in total. The molecule has 0 bridgehead atoms. The molecule has 2 amide bonds. The standard InChI is InChI=1S/C13H10N2O3S/c16-9-2-1-8-3-7(6-14-10(8)5-9)4-11-12(17)15-13(18)19-11/h1-3,5-6,11,16H,4H2,(H,15,17,18). The zero-order chi connectivity index (χ0) is 13.4. The Labute approximate surface area is 113 Å². The van der Waals surface area contributed by atoms with Crippen LogP contribution in [0, 0.1) is 0 Å². The number of aromatic nitrogens is 1. The number of nitrogens with one attached hydrogen (secondary N) is 1. The van der Waals surface area contributed by atoms with Gasteiger partial charge in [-0.2, -0.15) is 0 Å². The average molecular weight is 274 g/mol. The number of phenolic OH excluding ortho intramolecular Hbond substituents is 1. The third-order valence-corrected chi connectivity index (χ3v) is 3.89. The molecule has 19 heavy (non-hydrogen) atoms. The van der Waals surface area contributed by atoms with Crippen molar-refractivity contribution < 1.29 is 14.7 Å². The van der Waals surface area contributed by atoms with Crippen LogP contribution in [-0.2, 0) is 11.2 Å². The monoisotopic (exact) mass is 274 g/mol. The van der Waals surface area contributed by atoms with Crippen LogP contribution in [-0.4, -0.2) is 26.5 Å². The van der Waals surface area contributed by atoms with E-state index in [1.54, 1.807) is 24.4 Å². The van der Waals surface area contributed by atoms with E-state index in [1.165, 1.54) is 0 Å². The SMILES string of the molecule is O=C1NC(=O)C(Cc2cnc3cc(O)ccc3c2)S1. The highest BCUT2D eigenvalue weighted by Gasteiger charge is 2.31. The van der Waals surface area contributed by atoms with Crippen LogP contribution in [0.2, 0.25) is 0 Å². The number of carbonyl (C=O) groups excluding carboxylic acids is 2. The van der Waals surface area contributed by atoms with Crippen molar-refractivity contribution in [1.29, 1.82) is 0 Å². The number of pyridine rings is 1. The van der Waals surface area contributed by atoms with E-state index in [0.29, 0.717) is 11.9 Å². The molecule has 1 aromatic carbocycles. The molecule has 1 saturated heterocycles. The summed E-state index contributed by atoms with van der Waals surface area (Å²) in [5.41, 5.74) is 1.59. The van der Waals surface area contributed by atoms with Gasteiger partial charge in [-0.1, -0.05) is 11.8 Å². The van der Waals surface area contributed by atoms with E-state index in [9.17, 15) is 14.7 Å². The summed E-state index contributed by atoms with van der Waals surface area (Å²) in [7, 11) is 0. The minimum absolute atomic E-state index is 0.170. The molecule has 1 unspecified atom stereocenters. The lowest BCUT2D eigenvalue weighted by molar-refractivity contribution is -0.118. The number of hydrogen-bond acceptors (Lipinski definition) is 5. The van der Waals surface area contributed by atoms with Crippen molar-refractivity contribution in [1.82, 2.24) is 10.3 Å². The van der Waals surface area contributed by atoms with E-state index in [1.807, 2.05) is 6.07 Å². The van der Waals surface area contributed by atoms with Crippen LogP contribution in [0.4, 0.5) is 4.79 Å². The number of fused-ring (bicyclic) bond motifs is 1. The maximum absolute atomic E-state index is 11.5. The van der Waals surface area contributed by atoms with Gasteiger partial charge in [0.25, 0.3) is 5.24 Å². The number of imide groups is 1. The van der Waals surface area contributed by atoms with Gasteiger partial charge in [0, 0.05) is 17.6 Å². The van der Waals surface area contributed by atoms with E-state index in [0.717, 1.165) is 22.7 Å². The summed E-state index contributed by atoms with van der Waals surface area (Å²) in [4.78, 5) is 26.8. The number of thioether (sulfide) groups is 1. The van der Waals surface area contributed by atoms with E-state index in [-0.39, 0.29) is 22.1 Å². The van der Waals surface area contributed by atoms with Crippen LogP contribution in [0.1, 0.15) is 5.56 Å². The van der Waals surface area contributed by atoms with Crippen molar-refractivity contribution >= 4 is 33.8 Å². The van der Waals surface area contributed by atoms with Crippen molar-refractivity contribution in [2.24, 2.45) is 0 Å². The average Bonchev–Trinajstić information content (AvgIpc) is 2.68. The second kappa shape index (κ2) is 4.55. The van der Waals surface area contributed by atoms with Crippen LogP contribution in [0.25, 0.3) is 10.9 Å². The van der Waals surface area contributed by atoms with Crippen LogP contribution in [0.15, 0.2) is 30.5 Å². The van der Waals surface area contributed by atoms with Gasteiger partial charge in [-0.05, 0) is 30.2 Å². The molecule has 1 aromatic heterocycles. The van der Waals surface area contributed by atoms with Gasteiger partial charge in [0.05, 0.1) is 10.8 Å². The van der Waals surface area contributed by atoms with Gasteiger partial charge in [0.2, 0.25) is 5.91 Å². The van der Waals surface area contributed by atoms with E-state index >= 15 is 0 Å². The van der Waals surface area contributed by atoms with E-state index < -0.39 is 0 Å². The molecule has 6 heteroatoms. The Balaban J connectivity index is 1.87. The van der Waals surface area contributed by atoms with Crippen LogP contribution in [0.3, 0.4) is 0 Å². The Morgan fingerprint density at radius 1 is 1.32 bits per heavy atom. The van der Waals surface area contributed by atoms with Crippen molar-refractivity contribution in [3.05, 3.63) is 36.0 Å². The minimum Gasteiger partial charge on any atom is -0.508 e. The van der Waals surface area contributed by atoms with E-state index in [2.05, 4.69) is 10.3 Å². The number of nitrogens with zero attached hydrogens (tertiary/aromatic N) is 1. The Morgan fingerprint density at radius 3 is 2.89 bits per heavy atom. The molecule has 96 valence electrons. The first-order valence-corrected chi connectivity index (χ1v) is 6.59. The summed E-state index contributed by atoms with van der Waals surface area (Å²) in [5.74, 6) is -0.0788. The van der Waals surface area contributed by atoms with Gasteiger partial charge in [-0.25, -0.2) is 0 Å². The molecule has 1 atom stereocenters. The summed E-state index contributed by atoms with van der Waals surface area (Å²) in [6, 6.07) is 6.86. The fraction of sp³-hybridized carbons (Fsp3) is 0.154. The van der Waals surface area contributed by atoms with Crippen LogP contribution >= 0.6 is 11.8 Å². The maximum atomic E-state index is 11.5. The molecule has 0 radical (unpaired) electrons. The molecule has 3 rings (SSSR count). The third-order valence-electron chi connectivity index (χ3n) is 2.91. The number of carbonyl (C=O) groups is 2. The largest absolute Gasteiger partial charge is 0.508 e. The zero-order valence-corrected chi connectivity index (χ0v) is 10.6. The molecule has 0 saturated carbocycles. The van der Waals surface area contributed by atoms with Gasteiger partial charge < -0.3 is 5.11 Å². The minimum atomic E-state index is -0.385. The van der Waals surface area contributed by atoms with Crippen molar-refractivity contribution in [3.8, 4) is 5.75 Å². The summed E-state index contributed by atoms with van der Waals surface area (Å²) in [5, 5.41) is 11.8. The highest BCUT2D eigenvalue weighted by molar-refractivity contribution is 8.15. The number of amides is 2. The summed E-state index contributed by atoms with van der Waals surface area (Å²) < 4.78 is 0. The van der Waals surface area contributed by atoms with Gasteiger partial charge >= 0.3 is 0 Å². The lowest BCUT2D eigenvalue weighted by Gasteiger charge is -2.06. The number of phenols is 1. The Morgan fingerprint density at radius 2 is 2.16 bits per heavy atom. The first-order valence-electron chi connectivity index (χ1n) is 5.71. The normalized spacial score (nSPS) is 18.8. The third kappa shape index (κ3) is 2.39. The predicted molar refractivity (Wildman–Crippen MR) is 72.0 cm³/mol. The number of hydrogen-bond donors (Lipinski definition) is 2. The van der Waals surface area contributed by atoms with Crippen molar-refractivity contribution in [2.75, 3.05) is 0 Å². The summed E-state index contributed by atoms with van der Waals surface area (Å²) in [6.45, 7) is 0. The molecular weight excluding hydrogens is 264 g/mol. The lowest BCUT2D eigenvalue weighted by atomic mass is 10.1. The van der Waals surface area contributed by atoms with Crippen molar-refractivity contribution in [3.63, 3.8) is 0 Å². The number of aromatic hydroxyl groups is 1. The van der Waals surface area contributed by atoms with E-state index in [4.69, 9.17) is 0 Å². The number of rotatable bonds is 2. The first kappa shape index (κ1) is 12.0. The predicted octanol–water partition coefficient (Wildman–Crippen LogP) is 1.83. The molecule has 0 spiro atoms. The molecular formula is C13H10N2O3S. The van der Waals surface area contributed by atoms with Crippen LogP contribution < -0.4 is 5.32 Å². The molecule has 2 aromatic rings. The quantitative estimate of drug-likeness (QED) is 0.873. The highest BCUT2D eigenvalue weighted by Crippen LogP contribution is 2.24. The Bertz CT molecular complexity index is 687. The molecule has 1 aliphatic heterocycles. The molecule has 2 heterocycles. The summed E-state index contributed by atoms with van der Waals surface area (Å²) >= 11 is 1.01. The Hall–Kier alpha value is -2.08. The maximum Gasteiger partial charge on any atom is 0.286 e. The lowest BCUT2D eigenvalue weighted by Crippen LogP contribution is -2.25. The van der Waals surface area contributed by atoms with Gasteiger partial charge in [-0.15, -0.1) is 0 Å². The highest BCUT2D eigenvalue weighted by atomic mass is 32.2.